The molecule has 0 fully saturated rings. The molecule has 9 N–H and O–H groups in total. The van der Waals surface area contributed by atoms with Gasteiger partial charge in [-0.2, -0.15) is 12.6 Å². The monoisotopic (exact) mass is 469 g/mol. The molecule has 0 aliphatic carbocycles. The number of carbonyl (C=O) groups excluding carboxylic acids is 4. The maximum atomic E-state index is 12.8. The van der Waals surface area contributed by atoms with Crippen molar-refractivity contribution in [3.05, 3.63) is 29.8 Å². The first-order valence-corrected chi connectivity index (χ1v) is 10.1. The summed E-state index contributed by atoms with van der Waals surface area (Å²) in [4.78, 5) is 59.7. The van der Waals surface area contributed by atoms with Gasteiger partial charge in [-0.1, -0.05) is 12.1 Å². The quantitative estimate of drug-likeness (QED) is 0.154. The molecule has 0 bridgehead atoms. The van der Waals surface area contributed by atoms with E-state index in [1.807, 2.05) is 0 Å². The fourth-order valence-corrected chi connectivity index (χ4v) is 2.78. The number of nitrogens with one attached hydrogen (secondary N) is 3. The minimum absolute atomic E-state index is 0.0139. The van der Waals surface area contributed by atoms with Crippen LogP contribution in [0.4, 0.5) is 0 Å². The molecule has 0 saturated carbocycles. The molecule has 12 nitrogen and oxygen atoms in total. The number of thiol groups is 1. The zero-order valence-corrected chi connectivity index (χ0v) is 18.2. The van der Waals surface area contributed by atoms with Gasteiger partial charge in [-0.3, -0.25) is 19.2 Å². The summed E-state index contributed by atoms with van der Waals surface area (Å²) in [6.07, 6.45) is -0.730. The molecule has 4 unspecified atom stereocenters. The maximum absolute atomic E-state index is 12.8. The van der Waals surface area contributed by atoms with Crippen molar-refractivity contribution < 1.29 is 34.2 Å². The fourth-order valence-electron chi connectivity index (χ4n) is 2.52. The molecule has 1 rings (SSSR count). The van der Waals surface area contributed by atoms with Crippen molar-refractivity contribution in [2.75, 3.05) is 5.75 Å². The third-order valence-electron chi connectivity index (χ3n) is 4.26. The molecule has 0 saturated heterocycles. The lowest BCUT2D eigenvalue weighted by Crippen LogP contribution is -2.58. The largest absolute Gasteiger partial charge is 0.508 e. The number of amides is 4. The number of rotatable bonds is 12. The Morgan fingerprint density at radius 2 is 1.44 bits per heavy atom. The van der Waals surface area contributed by atoms with Crippen LogP contribution in [0.2, 0.25) is 0 Å². The van der Waals surface area contributed by atoms with Crippen LogP contribution in [0.5, 0.6) is 5.75 Å². The van der Waals surface area contributed by atoms with Gasteiger partial charge >= 0.3 is 5.97 Å². The Bertz CT molecular complexity index is 847. The van der Waals surface area contributed by atoms with Crippen LogP contribution in [-0.4, -0.2) is 69.7 Å². The van der Waals surface area contributed by atoms with Crippen molar-refractivity contribution in [2.24, 2.45) is 11.5 Å². The van der Waals surface area contributed by atoms with Crippen LogP contribution in [0, 0.1) is 0 Å². The van der Waals surface area contributed by atoms with Crippen molar-refractivity contribution in [1.82, 2.24) is 16.0 Å². The van der Waals surface area contributed by atoms with E-state index in [-0.39, 0.29) is 17.9 Å². The Balaban J connectivity index is 3.07. The van der Waals surface area contributed by atoms with E-state index in [1.54, 1.807) is 0 Å². The first-order valence-electron chi connectivity index (χ1n) is 9.51. The van der Waals surface area contributed by atoms with Crippen molar-refractivity contribution in [1.29, 1.82) is 0 Å². The van der Waals surface area contributed by atoms with Gasteiger partial charge in [-0.05, 0) is 24.6 Å². The number of hydrogen-bond donors (Lipinski definition) is 8. The van der Waals surface area contributed by atoms with Gasteiger partial charge in [-0.15, -0.1) is 0 Å². The van der Waals surface area contributed by atoms with Gasteiger partial charge in [0, 0.05) is 12.2 Å². The average molecular weight is 470 g/mol. The highest BCUT2D eigenvalue weighted by molar-refractivity contribution is 7.80. The number of nitrogens with two attached hydrogens (primary N) is 2. The summed E-state index contributed by atoms with van der Waals surface area (Å²) in [5, 5.41) is 25.7. The van der Waals surface area contributed by atoms with Crippen molar-refractivity contribution in [2.45, 2.75) is 43.9 Å². The molecule has 0 aromatic heterocycles. The summed E-state index contributed by atoms with van der Waals surface area (Å²) in [5.74, 6) is -4.79. The first kappa shape index (κ1) is 26.7. The van der Waals surface area contributed by atoms with Crippen LogP contribution in [0.15, 0.2) is 24.3 Å². The molecule has 176 valence electrons. The molecule has 4 amide bonds. The molecule has 0 spiro atoms. The van der Waals surface area contributed by atoms with E-state index in [4.69, 9.17) is 11.5 Å². The Kier molecular flexibility index (Phi) is 10.4. The summed E-state index contributed by atoms with van der Waals surface area (Å²) < 4.78 is 0. The van der Waals surface area contributed by atoms with Crippen LogP contribution in [0.1, 0.15) is 18.9 Å². The molecule has 32 heavy (non-hydrogen) atoms. The number of aromatic hydroxyl groups is 1. The lowest BCUT2D eigenvalue weighted by atomic mass is 10.0. The van der Waals surface area contributed by atoms with E-state index in [2.05, 4.69) is 28.6 Å². The highest BCUT2D eigenvalue weighted by Crippen LogP contribution is 2.12. The number of carbonyl (C=O) groups is 5. The summed E-state index contributed by atoms with van der Waals surface area (Å²) in [6.45, 7) is 1.43. The fraction of sp³-hybridized carbons (Fsp3) is 0.421. The summed E-state index contributed by atoms with van der Waals surface area (Å²) in [6, 6.07) is 0.882. The highest BCUT2D eigenvalue weighted by atomic mass is 32.1. The topological polar surface area (TPSA) is 214 Å². The SMILES string of the molecule is CC(N)C(=O)NC(CS)C(=O)NC(Cc1ccc(O)cc1)C(=O)NC(CC(N)=O)C(=O)O. The van der Waals surface area contributed by atoms with Gasteiger partial charge in [0.05, 0.1) is 12.5 Å². The number of phenols is 1. The van der Waals surface area contributed by atoms with E-state index in [9.17, 15) is 34.2 Å². The molecular weight excluding hydrogens is 442 g/mol. The second-order valence-electron chi connectivity index (χ2n) is 7.03. The van der Waals surface area contributed by atoms with Gasteiger partial charge in [0.2, 0.25) is 23.6 Å². The van der Waals surface area contributed by atoms with Crippen LogP contribution >= 0.6 is 12.6 Å². The van der Waals surface area contributed by atoms with Crippen LogP contribution in [-0.2, 0) is 30.4 Å². The van der Waals surface area contributed by atoms with Crippen LogP contribution in [0.3, 0.4) is 0 Å². The Hall–Kier alpha value is -3.32. The maximum Gasteiger partial charge on any atom is 0.326 e. The average Bonchev–Trinajstić information content (AvgIpc) is 2.71. The third-order valence-corrected chi connectivity index (χ3v) is 4.62. The molecular formula is C19H27N5O7S. The number of benzene rings is 1. The summed E-state index contributed by atoms with van der Waals surface area (Å²) >= 11 is 4.03. The smallest absolute Gasteiger partial charge is 0.326 e. The summed E-state index contributed by atoms with van der Waals surface area (Å²) in [5.41, 5.74) is 11.0. The van der Waals surface area contributed by atoms with E-state index in [0.717, 1.165) is 0 Å². The molecule has 1 aromatic carbocycles. The molecule has 1 aromatic rings. The molecule has 0 radical (unpaired) electrons. The van der Waals surface area contributed by atoms with Crippen molar-refractivity contribution >= 4 is 42.2 Å². The van der Waals surface area contributed by atoms with E-state index >= 15 is 0 Å². The number of carboxylic acid groups (broad SMARTS) is 1. The zero-order chi connectivity index (χ0) is 24.4. The van der Waals surface area contributed by atoms with Crippen LogP contribution < -0.4 is 27.4 Å². The molecule has 0 aliphatic heterocycles. The first-order chi connectivity index (χ1) is 14.9. The van der Waals surface area contributed by atoms with Gasteiger partial charge in [-0.25, -0.2) is 4.79 Å². The molecule has 13 heteroatoms. The summed E-state index contributed by atoms with van der Waals surface area (Å²) in [7, 11) is 0. The minimum atomic E-state index is -1.60. The van der Waals surface area contributed by atoms with E-state index < -0.39 is 60.2 Å². The predicted molar refractivity (Wildman–Crippen MR) is 117 cm³/mol. The number of phenolic OH excluding ortho intramolecular Hbond substituents is 1. The standard InChI is InChI=1S/C19H27N5O7S/c1-9(20)16(27)24-14(8-32)18(29)22-12(6-10-2-4-11(25)5-3-10)17(28)23-13(19(30)31)7-15(21)26/h2-5,9,12-14,25,32H,6-8,20H2,1H3,(H2,21,26)(H,22,29)(H,23,28)(H,24,27)(H,30,31). The Labute approximate surface area is 189 Å². The van der Waals surface area contributed by atoms with Crippen LogP contribution in [0.25, 0.3) is 0 Å². The third kappa shape index (κ3) is 8.81. The van der Waals surface area contributed by atoms with Gasteiger partial charge < -0.3 is 37.6 Å². The highest BCUT2D eigenvalue weighted by Gasteiger charge is 2.30. The van der Waals surface area contributed by atoms with Gasteiger partial charge in [0.1, 0.15) is 23.9 Å². The lowest BCUT2D eigenvalue weighted by molar-refractivity contribution is -0.143. The molecule has 0 aliphatic rings. The van der Waals surface area contributed by atoms with Gasteiger partial charge in [0.25, 0.3) is 0 Å². The van der Waals surface area contributed by atoms with Crippen molar-refractivity contribution in [3.63, 3.8) is 0 Å². The predicted octanol–water partition coefficient (Wildman–Crippen LogP) is -2.37. The second kappa shape index (κ2) is 12.5. The second-order valence-corrected chi connectivity index (χ2v) is 7.40. The molecule has 4 atom stereocenters. The Morgan fingerprint density at radius 3 is 1.91 bits per heavy atom. The van der Waals surface area contributed by atoms with Gasteiger partial charge in [0.15, 0.2) is 0 Å². The molecule has 0 heterocycles. The Morgan fingerprint density at radius 1 is 0.938 bits per heavy atom. The number of primary amides is 1. The lowest BCUT2D eigenvalue weighted by Gasteiger charge is -2.24. The van der Waals surface area contributed by atoms with E-state index in [0.29, 0.717) is 5.56 Å². The number of hydrogen-bond acceptors (Lipinski definition) is 8. The normalized spacial score (nSPS) is 14.3. The van der Waals surface area contributed by atoms with E-state index in [1.165, 1.54) is 31.2 Å². The number of carboxylic acids is 1. The minimum Gasteiger partial charge on any atom is -0.508 e. The van der Waals surface area contributed by atoms with Crippen molar-refractivity contribution in [3.8, 4) is 5.75 Å². The zero-order valence-electron chi connectivity index (χ0n) is 17.3. The number of aliphatic carboxylic acids is 1.